The van der Waals surface area contributed by atoms with Gasteiger partial charge in [0.05, 0.1) is 6.33 Å². The molecule has 0 aromatic carbocycles. The molecule has 0 unspecified atom stereocenters. The molecule has 1 saturated heterocycles. The van der Waals surface area contributed by atoms with Crippen LogP contribution in [0, 0.1) is 5.92 Å². The second kappa shape index (κ2) is 7.88. The minimum Gasteiger partial charge on any atom is -0.337 e. The van der Waals surface area contributed by atoms with Gasteiger partial charge in [0.1, 0.15) is 0 Å². The molecule has 0 bridgehead atoms. The molecule has 21 heavy (non-hydrogen) atoms. The van der Waals surface area contributed by atoms with Gasteiger partial charge in [-0.3, -0.25) is 0 Å². The van der Waals surface area contributed by atoms with Crippen molar-refractivity contribution in [3.63, 3.8) is 0 Å². The summed E-state index contributed by atoms with van der Waals surface area (Å²) in [7, 11) is -3.33. The molecule has 1 fully saturated rings. The van der Waals surface area contributed by atoms with Gasteiger partial charge < -0.3 is 10.3 Å². The van der Waals surface area contributed by atoms with Crippen LogP contribution in [0.4, 0.5) is 0 Å². The molecule has 0 spiro atoms. The lowest BCUT2D eigenvalue weighted by Gasteiger charge is -2.30. The van der Waals surface area contributed by atoms with Gasteiger partial charge >= 0.3 is 0 Å². The Bertz CT molecular complexity index is 495. The van der Waals surface area contributed by atoms with E-state index in [1.165, 1.54) is 4.31 Å². The van der Waals surface area contributed by atoms with Crippen molar-refractivity contribution in [2.45, 2.75) is 32.2 Å². The van der Waals surface area contributed by atoms with Crippen molar-refractivity contribution in [3.8, 4) is 0 Å². The van der Waals surface area contributed by atoms with Crippen LogP contribution in [0.15, 0.2) is 18.7 Å². The van der Waals surface area contributed by atoms with Crippen molar-refractivity contribution in [2.24, 2.45) is 11.7 Å². The van der Waals surface area contributed by atoms with Crippen molar-refractivity contribution in [1.29, 1.82) is 0 Å². The second-order valence-electron chi connectivity index (χ2n) is 5.49. The molecule has 0 amide bonds. The Balaban J connectivity index is 1.64. The third-order valence-corrected chi connectivity index (χ3v) is 5.55. The summed E-state index contributed by atoms with van der Waals surface area (Å²) >= 11 is 0. The van der Waals surface area contributed by atoms with E-state index >= 15 is 0 Å². The predicted molar refractivity (Wildman–Crippen MR) is 81.7 cm³/mol. The summed E-state index contributed by atoms with van der Waals surface area (Å²) in [6.07, 6.45) is 8.88. The van der Waals surface area contributed by atoms with Crippen molar-refractivity contribution >= 4 is 10.2 Å². The first kappa shape index (κ1) is 16.4. The molecule has 1 aliphatic rings. The topological polar surface area (TPSA) is 93.2 Å². The van der Waals surface area contributed by atoms with Gasteiger partial charge in [-0.25, -0.2) is 9.71 Å². The molecule has 1 aliphatic heterocycles. The average molecular weight is 315 g/mol. The Kier molecular flexibility index (Phi) is 6.16. The van der Waals surface area contributed by atoms with E-state index in [4.69, 9.17) is 5.73 Å². The number of unbranched alkanes of at least 4 members (excludes halogenated alkanes) is 1. The summed E-state index contributed by atoms with van der Waals surface area (Å²) in [4.78, 5) is 3.97. The first-order chi connectivity index (χ1) is 10.1. The quantitative estimate of drug-likeness (QED) is 0.669. The predicted octanol–water partition coefficient (Wildman–Crippen LogP) is 0.168. The van der Waals surface area contributed by atoms with Crippen LogP contribution in [0.1, 0.15) is 25.7 Å². The smallest absolute Gasteiger partial charge is 0.279 e. The number of piperidine rings is 1. The number of imidazole rings is 1. The highest BCUT2D eigenvalue weighted by molar-refractivity contribution is 7.87. The maximum atomic E-state index is 12.1. The van der Waals surface area contributed by atoms with Crippen molar-refractivity contribution < 1.29 is 8.42 Å². The molecule has 3 N–H and O–H groups in total. The van der Waals surface area contributed by atoms with E-state index in [-0.39, 0.29) is 0 Å². The van der Waals surface area contributed by atoms with Crippen LogP contribution in [0.3, 0.4) is 0 Å². The fourth-order valence-electron chi connectivity index (χ4n) is 2.52. The maximum absolute atomic E-state index is 12.1. The number of rotatable bonds is 8. The number of nitrogens with one attached hydrogen (secondary N) is 1. The Morgan fingerprint density at radius 3 is 2.67 bits per heavy atom. The van der Waals surface area contributed by atoms with Crippen LogP contribution in [0.5, 0.6) is 0 Å². The van der Waals surface area contributed by atoms with Crippen molar-refractivity contribution in [2.75, 3.05) is 26.2 Å². The number of nitrogens with two attached hydrogens (primary N) is 1. The molecular formula is C13H25N5O2S. The summed E-state index contributed by atoms with van der Waals surface area (Å²) in [6, 6.07) is 0. The standard InChI is InChI=1S/C13H25N5O2S/c14-11-13-3-8-18(9-4-13)21(19,20)16-5-1-2-7-17-10-6-15-12-17/h6,10,12-13,16H,1-5,7-9,11,14H2. The van der Waals surface area contributed by atoms with Crippen LogP contribution >= 0.6 is 0 Å². The third kappa shape index (κ3) is 5.06. The maximum Gasteiger partial charge on any atom is 0.279 e. The van der Waals surface area contributed by atoms with E-state index in [1.54, 1.807) is 12.5 Å². The lowest BCUT2D eigenvalue weighted by Crippen LogP contribution is -2.46. The molecule has 120 valence electrons. The molecule has 8 heteroatoms. The number of hydrogen-bond acceptors (Lipinski definition) is 4. The molecule has 0 aliphatic carbocycles. The minimum absolute atomic E-state index is 0.464. The highest BCUT2D eigenvalue weighted by Gasteiger charge is 2.26. The van der Waals surface area contributed by atoms with Gasteiger partial charge in [0, 0.05) is 38.6 Å². The summed E-state index contributed by atoms with van der Waals surface area (Å²) in [6.45, 7) is 3.14. The number of hydrogen-bond donors (Lipinski definition) is 2. The first-order valence-electron chi connectivity index (χ1n) is 7.52. The molecule has 2 heterocycles. The van der Waals surface area contributed by atoms with E-state index in [0.717, 1.165) is 32.2 Å². The van der Waals surface area contributed by atoms with E-state index < -0.39 is 10.2 Å². The van der Waals surface area contributed by atoms with Gasteiger partial charge in [-0.15, -0.1) is 0 Å². The van der Waals surface area contributed by atoms with Crippen molar-refractivity contribution in [3.05, 3.63) is 18.7 Å². The van der Waals surface area contributed by atoms with Crippen LogP contribution in [0.2, 0.25) is 0 Å². The SMILES string of the molecule is NCC1CCN(S(=O)(=O)NCCCCn2ccnc2)CC1. The number of aromatic nitrogens is 2. The minimum atomic E-state index is -3.33. The van der Waals surface area contributed by atoms with Gasteiger partial charge in [-0.2, -0.15) is 12.7 Å². The average Bonchev–Trinajstić information content (AvgIpc) is 3.00. The van der Waals surface area contributed by atoms with Crippen LogP contribution in [-0.4, -0.2) is 48.5 Å². The molecular weight excluding hydrogens is 290 g/mol. The lowest BCUT2D eigenvalue weighted by atomic mass is 9.99. The lowest BCUT2D eigenvalue weighted by molar-refractivity contribution is 0.275. The number of aryl methyl sites for hydroxylation is 1. The van der Waals surface area contributed by atoms with E-state index in [2.05, 4.69) is 9.71 Å². The first-order valence-corrected chi connectivity index (χ1v) is 8.96. The van der Waals surface area contributed by atoms with Gasteiger partial charge in [-0.1, -0.05) is 0 Å². The van der Waals surface area contributed by atoms with Crippen LogP contribution in [0.25, 0.3) is 0 Å². The van der Waals surface area contributed by atoms with Crippen LogP contribution < -0.4 is 10.5 Å². The van der Waals surface area contributed by atoms with E-state index in [9.17, 15) is 8.42 Å². The van der Waals surface area contributed by atoms with Gasteiger partial charge in [0.25, 0.3) is 10.2 Å². The molecule has 7 nitrogen and oxygen atoms in total. The zero-order valence-corrected chi connectivity index (χ0v) is 13.1. The monoisotopic (exact) mass is 315 g/mol. The van der Waals surface area contributed by atoms with Crippen LogP contribution in [-0.2, 0) is 16.8 Å². The molecule has 1 aromatic rings. The largest absolute Gasteiger partial charge is 0.337 e. The number of nitrogens with zero attached hydrogens (tertiary/aromatic N) is 3. The van der Waals surface area contributed by atoms with Gasteiger partial charge in [0.2, 0.25) is 0 Å². The van der Waals surface area contributed by atoms with Gasteiger partial charge in [-0.05, 0) is 38.1 Å². The zero-order chi connectivity index (χ0) is 15.1. The van der Waals surface area contributed by atoms with E-state index in [0.29, 0.717) is 32.1 Å². The Labute approximate surface area is 126 Å². The highest BCUT2D eigenvalue weighted by Crippen LogP contribution is 2.17. The summed E-state index contributed by atoms with van der Waals surface area (Å²) in [5, 5.41) is 0. The zero-order valence-electron chi connectivity index (χ0n) is 12.3. The van der Waals surface area contributed by atoms with Crippen molar-refractivity contribution in [1.82, 2.24) is 18.6 Å². The second-order valence-corrected chi connectivity index (χ2v) is 7.24. The summed E-state index contributed by atoms with van der Waals surface area (Å²) in [5.74, 6) is 0.464. The van der Waals surface area contributed by atoms with Gasteiger partial charge in [0.15, 0.2) is 0 Å². The molecule has 0 atom stereocenters. The molecule has 0 saturated carbocycles. The molecule has 1 aromatic heterocycles. The normalized spacial score (nSPS) is 18.1. The molecule has 0 radical (unpaired) electrons. The summed E-state index contributed by atoms with van der Waals surface area (Å²) in [5.41, 5.74) is 5.62. The molecule has 2 rings (SSSR count). The Morgan fingerprint density at radius 2 is 2.05 bits per heavy atom. The van der Waals surface area contributed by atoms with E-state index in [1.807, 2.05) is 10.8 Å². The fourth-order valence-corrected chi connectivity index (χ4v) is 3.79. The highest BCUT2D eigenvalue weighted by atomic mass is 32.2. The summed E-state index contributed by atoms with van der Waals surface area (Å²) < 4.78 is 30.5. The third-order valence-electron chi connectivity index (χ3n) is 3.93. The Morgan fingerprint density at radius 1 is 1.29 bits per heavy atom. The fraction of sp³-hybridized carbons (Fsp3) is 0.769. The Hall–Kier alpha value is -0.960.